The number of fused-ring (bicyclic) bond motifs is 8. The molecule has 4 aliphatic heterocycles. The van der Waals surface area contributed by atoms with Gasteiger partial charge in [0.1, 0.15) is 36.5 Å². The molecule has 0 radical (unpaired) electrons. The van der Waals surface area contributed by atoms with Gasteiger partial charge in [0, 0.05) is 46.5 Å². The quantitative estimate of drug-likeness (QED) is 0.0392. The molecule has 4 aliphatic rings. The molecule has 52 nitrogen and oxygen atoms in total. The number of carbonyl (C=O) groups excluding carboxylic acids is 9. The average Bonchev–Trinajstić information content (AvgIpc) is 1.21. The molecule has 0 spiro atoms. The summed E-state index contributed by atoms with van der Waals surface area (Å²) in [6, 6.07) is 5.48. The third-order valence-electron chi connectivity index (χ3n) is 20.4. The smallest absolute Gasteiger partial charge is 0.344 e. The van der Waals surface area contributed by atoms with E-state index in [1.54, 1.807) is 0 Å². The number of aliphatic hydroxyl groups is 1. The van der Waals surface area contributed by atoms with Crippen LogP contribution in [0.15, 0.2) is 91.0 Å². The van der Waals surface area contributed by atoms with Gasteiger partial charge < -0.3 is 210 Å². The Morgan fingerprint density at radius 1 is 0.284 bits per heavy atom. The van der Waals surface area contributed by atoms with E-state index < -0.39 is 390 Å². The molecule has 0 aromatic heterocycles. The van der Waals surface area contributed by atoms with Crippen molar-refractivity contribution in [2.45, 2.75) is 61.4 Å². The SMILES string of the molecule is O=C(O[C@@H]1[C@@H](OC(=O)c2cc(O)c(O)c(O)c2)[C@H](O)O[C@H]2COC(=O)c3cc(Oc4c(C(=O)O[C@@H]5O[C@@H]6COC(=O)c7cc(Oc8c(C(=O)O)cc(O)c(O)c8O)c(O)c(O)c7-c7c(ccc(O)c7O)C(=O)O[C@H]6[C@H](OC(=O)c6cc(O)c(O)c(O)c6)[C@H]5OC(=O)c5cc(O)c(O)c(O)c5)cc(O)c(O)c4O)c(O)c(O)c3-c3c(cc(O)c(O)c3O)C(=O)O[C@H]12)c1cc(O)c(O)c(O)c1. The Balaban J connectivity index is 0.888. The van der Waals surface area contributed by atoms with Crippen LogP contribution < -0.4 is 9.47 Å². The van der Waals surface area contributed by atoms with Crippen LogP contribution in [0.2, 0.25) is 0 Å². The number of benzene rings is 10. The summed E-state index contributed by atoms with van der Waals surface area (Å²) in [6.45, 7) is -3.21. The Labute approximate surface area is 736 Å². The van der Waals surface area contributed by atoms with Gasteiger partial charge in [-0.05, 0) is 66.7 Å². The fourth-order valence-electron chi connectivity index (χ4n) is 13.9. The van der Waals surface area contributed by atoms with Crippen LogP contribution in [0.1, 0.15) is 104 Å². The number of carboxylic acids is 1. The molecule has 2 fully saturated rings. The van der Waals surface area contributed by atoms with Gasteiger partial charge in [-0.2, -0.15) is 0 Å². The fourth-order valence-corrected chi connectivity index (χ4v) is 13.9. The first-order valence-electron chi connectivity index (χ1n) is 37.0. The topological polar surface area (TPSA) is 877 Å². The van der Waals surface area contributed by atoms with E-state index in [2.05, 4.69) is 0 Å². The van der Waals surface area contributed by atoms with Gasteiger partial charge in [-0.25, -0.2) is 47.9 Å². The molecule has 698 valence electrons. The second-order valence-electron chi connectivity index (χ2n) is 28.7. The first kappa shape index (κ1) is 91.2. The molecular weight excluding hydrogens is 1820 g/mol. The van der Waals surface area contributed by atoms with Crippen molar-refractivity contribution < 1.29 is 258 Å². The number of cyclic esters (lactones) is 2. The Morgan fingerprint density at radius 3 is 1.00 bits per heavy atom. The molecule has 0 unspecified atom stereocenters. The minimum atomic E-state index is -3.16. The molecular formula is C82H58O52. The van der Waals surface area contributed by atoms with Crippen LogP contribution >= 0.6 is 0 Å². The van der Waals surface area contributed by atoms with Crippen molar-refractivity contribution in [2.24, 2.45) is 0 Å². The van der Waals surface area contributed by atoms with Gasteiger partial charge in [0.05, 0.1) is 44.5 Å². The second-order valence-corrected chi connectivity index (χ2v) is 28.7. The monoisotopic (exact) mass is 1870 g/mol. The van der Waals surface area contributed by atoms with E-state index in [0.717, 1.165) is 0 Å². The molecule has 0 aliphatic carbocycles. The zero-order valence-electron chi connectivity index (χ0n) is 65.7. The summed E-state index contributed by atoms with van der Waals surface area (Å²) in [5.41, 5.74) is -17.6. The Morgan fingerprint density at radius 2 is 0.597 bits per heavy atom. The number of aliphatic hydroxyl groups excluding tert-OH is 1. The maximum absolute atomic E-state index is 15.5. The van der Waals surface area contributed by atoms with E-state index in [0.29, 0.717) is 72.8 Å². The van der Waals surface area contributed by atoms with Crippen LogP contribution in [0.3, 0.4) is 0 Å². The van der Waals surface area contributed by atoms with Gasteiger partial charge >= 0.3 is 59.7 Å². The first-order valence-corrected chi connectivity index (χ1v) is 37.0. The third-order valence-corrected chi connectivity index (χ3v) is 20.4. The molecule has 2 saturated heterocycles. The summed E-state index contributed by atoms with van der Waals surface area (Å²) in [5, 5.41) is 317. The standard InChI is InChI=1S/C82H58O52/c83-28-2-1-22-44(52(28)99)46-24(14-40(56(103)59(46)106)124-63-26(71(110)111)12-38(93)54(101)61(63)108)76(116)123-17-43-66(128-78(22)118)68(131-73(113)19-5-31(86)49(96)32(87)6-19)70(133-75(115)21-9-35(90)51(98)36(91)10-21)82(127-43)134-80(120)27-13-39(94)55(102)62(109)64(27)125-41-15-25-47(60(107)57(41)104)45-23(11-37(92)53(100)58(45)105)79(119)129-65-42(16-122-77(25)117)126-81(121)69(132-74(114)20-7-33(88)50(97)34(89)8-20)67(65)130-72(112)18-3-29(84)48(95)30(85)4-18/h1-15,42-43,65-70,81-109,121H,16-17H2,(H,110,111)/t42-,43+,65-,66+,67-,68-,69+,70+,81+,82-/m0/s1. The van der Waals surface area contributed by atoms with Gasteiger partial charge in [-0.3, -0.25) is 0 Å². The van der Waals surface area contributed by atoms with E-state index in [1.807, 2.05) is 0 Å². The average molecular weight is 1880 g/mol. The van der Waals surface area contributed by atoms with E-state index >= 15 is 24.0 Å². The summed E-state index contributed by atoms with van der Waals surface area (Å²) in [6.07, 6.45) is -27.7. The highest BCUT2D eigenvalue weighted by molar-refractivity contribution is 6.11. The lowest BCUT2D eigenvalue weighted by atomic mass is 9.91. The Hall–Kier alpha value is -19.0. The van der Waals surface area contributed by atoms with Crippen LogP contribution in [-0.4, -0.2) is 282 Å². The molecule has 29 N–H and O–H groups in total. The highest BCUT2D eigenvalue weighted by Gasteiger charge is 2.57. The molecule has 0 amide bonds. The maximum atomic E-state index is 15.5. The van der Waals surface area contributed by atoms with Crippen LogP contribution in [0.25, 0.3) is 22.3 Å². The number of carbonyl (C=O) groups is 10. The summed E-state index contributed by atoms with van der Waals surface area (Å²) in [7, 11) is 0. The van der Waals surface area contributed by atoms with Gasteiger partial charge in [0.2, 0.25) is 52.6 Å². The summed E-state index contributed by atoms with van der Waals surface area (Å²) in [4.78, 5) is 146. The zero-order valence-corrected chi connectivity index (χ0v) is 65.7. The van der Waals surface area contributed by atoms with Crippen molar-refractivity contribution in [3.63, 3.8) is 0 Å². The Bertz CT molecular complexity index is 6660. The van der Waals surface area contributed by atoms with Crippen LogP contribution in [0, 0.1) is 0 Å². The van der Waals surface area contributed by atoms with Crippen molar-refractivity contribution in [3.05, 3.63) is 147 Å². The van der Waals surface area contributed by atoms with E-state index in [9.17, 15) is 172 Å². The van der Waals surface area contributed by atoms with E-state index in [1.165, 1.54) is 0 Å². The number of esters is 9. The second kappa shape index (κ2) is 34.3. The number of hydrogen-bond acceptors (Lipinski definition) is 51. The largest absolute Gasteiger partial charge is 0.504 e. The number of carboxylic acid groups (broad SMARTS) is 1. The lowest BCUT2D eigenvalue weighted by molar-refractivity contribution is -0.284. The number of ether oxygens (including phenoxy) is 13. The molecule has 10 aromatic carbocycles. The van der Waals surface area contributed by atoms with Gasteiger partial charge in [-0.15, -0.1) is 0 Å². The first-order chi connectivity index (χ1) is 63.1. The lowest BCUT2D eigenvalue weighted by Gasteiger charge is -2.43. The van der Waals surface area contributed by atoms with Crippen LogP contribution in [0.4, 0.5) is 0 Å². The van der Waals surface area contributed by atoms with Crippen LogP contribution in [0.5, 0.6) is 178 Å². The number of aromatic hydroxyl groups is 27. The highest BCUT2D eigenvalue weighted by Crippen LogP contribution is 2.59. The molecule has 10 atom stereocenters. The van der Waals surface area contributed by atoms with Gasteiger partial charge in [0.25, 0.3) is 0 Å². The summed E-state index contributed by atoms with van der Waals surface area (Å²) < 4.78 is 73.6. The maximum Gasteiger partial charge on any atom is 0.344 e. The van der Waals surface area contributed by atoms with Crippen molar-refractivity contribution >= 4 is 59.7 Å². The summed E-state index contributed by atoms with van der Waals surface area (Å²) >= 11 is 0. The van der Waals surface area contributed by atoms with Gasteiger partial charge in [-0.1, -0.05) is 0 Å². The summed E-state index contributed by atoms with van der Waals surface area (Å²) in [5.74, 6) is -65.5. The van der Waals surface area contributed by atoms with Crippen molar-refractivity contribution in [2.75, 3.05) is 13.2 Å². The number of phenols is 27. The number of hydrogen-bond donors (Lipinski definition) is 29. The van der Waals surface area contributed by atoms with Crippen molar-refractivity contribution in [1.29, 1.82) is 0 Å². The Kier molecular flexibility index (Phi) is 23.3. The zero-order chi connectivity index (χ0) is 97.7. The highest BCUT2D eigenvalue weighted by atomic mass is 16.8. The predicted molar refractivity (Wildman–Crippen MR) is 415 cm³/mol. The van der Waals surface area contributed by atoms with Gasteiger partial charge in [0.15, 0.2) is 175 Å². The molecule has 52 heteroatoms. The molecule has 0 saturated carbocycles. The molecule has 0 bridgehead atoms. The van der Waals surface area contributed by atoms with Crippen LogP contribution in [-0.2, 0) is 52.1 Å². The lowest BCUT2D eigenvalue weighted by Crippen LogP contribution is -2.63. The normalized spacial score (nSPS) is 19.1. The van der Waals surface area contributed by atoms with Crippen molar-refractivity contribution in [3.8, 4) is 200 Å². The minimum Gasteiger partial charge on any atom is -0.504 e. The van der Waals surface area contributed by atoms with E-state index in [4.69, 9.17) is 61.6 Å². The number of aromatic carboxylic acids is 1. The van der Waals surface area contributed by atoms with Crippen molar-refractivity contribution in [1.82, 2.24) is 0 Å². The molecule has 10 aromatic rings. The molecule has 134 heavy (non-hydrogen) atoms. The minimum absolute atomic E-state index is 0.0817. The van der Waals surface area contributed by atoms with E-state index in [-0.39, 0.29) is 18.2 Å². The molecule has 14 rings (SSSR count). The molecule has 4 heterocycles. The predicted octanol–water partition coefficient (Wildman–Crippen LogP) is 3.95. The fraction of sp³-hybridized carbons (Fsp3) is 0.146. The third kappa shape index (κ3) is 16.2. The number of phenolic OH excluding ortho intramolecular Hbond substituents is 27. The number of rotatable bonds is 15.